The zero-order valence-electron chi connectivity index (χ0n) is 32.6. The van der Waals surface area contributed by atoms with Gasteiger partial charge in [-0.3, -0.25) is 14.9 Å². The summed E-state index contributed by atoms with van der Waals surface area (Å²) in [6.45, 7) is 6.86. The third-order valence-electron chi connectivity index (χ3n) is 11.9. The molecule has 0 radical (unpaired) electrons. The Hall–Kier alpha value is -5.06. The summed E-state index contributed by atoms with van der Waals surface area (Å²) in [7, 11) is 0. The SMILES string of the molecule is C=CCN(CCCc1ccc(F)cc1)C1CCC(c2ccc3[nH]c(=O)oc3c2)CC1.O=c1[nH]c2ccc(C3CCC(NCCCc4ccc(F)cc4)CC3)cc2o1. The number of benzene rings is 4. The number of aromatic amines is 2. The maximum Gasteiger partial charge on any atom is 0.417 e. The van der Waals surface area contributed by atoms with Crippen molar-refractivity contribution in [2.45, 2.75) is 101 Å². The Morgan fingerprint density at radius 1 is 0.667 bits per heavy atom. The van der Waals surface area contributed by atoms with Gasteiger partial charge in [-0.25, -0.2) is 18.4 Å². The lowest BCUT2D eigenvalue weighted by atomic mass is 9.81. The highest BCUT2D eigenvalue weighted by Crippen LogP contribution is 2.36. The fourth-order valence-corrected chi connectivity index (χ4v) is 8.81. The number of halogens is 2. The minimum absolute atomic E-state index is 0.175. The van der Waals surface area contributed by atoms with Crippen LogP contribution in [-0.4, -0.2) is 46.6 Å². The second kappa shape index (κ2) is 19.4. The van der Waals surface area contributed by atoms with Crippen LogP contribution in [0.25, 0.3) is 22.2 Å². The third kappa shape index (κ3) is 11.1. The number of aromatic nitrogens is 2. The van der Waals surface area contributed by atoms with Crippen LogP contribution in [0.4, 0.5) is 8.78 Å². The molecule has 2 fully saturated rings. The van der Waals surface area contributed by atoms with Crippen molar-refractivity contribution in [2.24, 2.45) is 0 Å². The quantitative estimate of drug-likeness (QED) is 0.0751. The summed E-state index contributed by atoms with van der Waals surface area (Å²) in [5, 5.41) is 3.67. The van der Waals surface area contributed by atoms with E-state index in [1.165, 1.54) is 46.5 Å². The van der Waals surface area contributed by atoms with E-state index in [1.54, 1.807) is 0 Å². The number of nitrogens with zero attached hydrogens (tertiary/aromatic N) is 1. The molecule has 2 saturated carbocycles. The van der Waals surface area contributed by atoms with E-state index in [-0.39, 0.29) is 11.6 Å². The van der Waals surface area contributed by atoms with Crippen molar-refractivity contribution in [3.63, 3.8) is 0 Å². The number of H-pyrrole nitrogens is 2. The molecule has 10 heteroatoms. The Kier molecular flexibility index (Phi) is 13.7. The average Bonchev–Trinajstić information content (AvgIpc) is 3.80. The number of fused-ring (bicyclic) bond motifs is 2. The molecule has 0 unspecified atom stereocenters. The van der Waals surface area contributed by atoms with E-state index in [0.717, 1.165) is 108 Å². The number of hydrogen-bond acceptors (Lipinski definition) is 6. The lowest BCUT2D eigenvalue weighted by Crippen LogP contribution is -2.38. The lowest BCUT2D eigenvalue weighted by molar-refractivity contribution is 0.162. The molecule has 4 aromatic carbocycles. The predicted molar refractivity (Wildman–Crippen MR) is 223 cm³/mol. The van der Waals surface area contributed by atoms with Crippen LogP contribution in [0.5, 0.6) is 0 Å². The monoisotopic (exact) mass is 776 g/mol. The van der Waals surface area contributed by atoms with Crippen LogP contribution < -0.4 is 16.8 Å². The summed E-state index contributed by atoms with van der Waals surface area (Å²) >= 11 is 0. The normalized spacial score (nSPS) is 19.8. The molecule has 8 nitrogen and oxygen atoms in total. The van der Waals surface area contributed by atoms with E-state index >= 15 is 0 Å². The van der Waals surface area contributed by atoms with E-state index in [0.29, 0.717) is 35.1 Å². The van der Waals surface area contributed by atoms with E-state index < -0.39 is 11.5 Å². The summed E-state index contributed by atoms with van der Waals surface area (Å²) < 4.78 is 36.4. The van der Waals surface area contributed by atoms with E-state index in [1.807, 2.05) is 54.6 Å². The molecule has 2 aromatic heterocycles. The molecule has 0 aliphatic heterocycles. The Morgan fingerprint density at radius 3 is 1.67 bits per heavy atom. The smallest absolute Gasteiger partial charge is 0.408 e. The highest BCUT2D eigenvalue weighted by Gasteiger charge is 2.27. The summed E-state index contributed by atoms with van der Waals surface area (Å²) in [5.41, 5.74) is 7.72. The molecule has 0 spiro atoms. The van der Waals surface area contributed by atoms with E-state index in [2.05, 4.69) is 38.9 Å². The van der Waals surface area contributed by atoms with Gasteiger partial charge in [0.05, 0.1) is 11.0 Å². The number of nitrogens with one attached hydrogen (secondary N) is 3. The van der Waals surface area contributed by atoms with Crippen LogP contribution in [-0.2, 0) is 12.8 Å². The van der Waals surface area contributed by atoms with Crippen LogP contribution in [0.15, 0.2) is 116 Å². The van der Waals surface area contributed by atoms with Gasteiger partial charge in [-0.15, -0.1) is 6.58 Å². The molecule has 8 rings (SSSR count). The summed E-state index contributed by atoms with van der Waals surface area (Å²) in [6, 6.07) is 26.9. The Labute approximate surface area is 332 Å². The maximum absolute atomic E-state index is 13.1. The first-order valence-corrected chi connectivity index (χ1v) is 20.6. The van der Waals surface area contributed by atoms with Crippen molar-refractivity contribution in [3.05, 3.63) is 153 Å². The van der Waals surface area contributed by atoms with E-state index in [9.17, 15) is 18.4 Å². The van der Waals surface area contributed by atoms with Gasteiger partial charge in [-0.05, 0) is 173 Å². The van der Waals surface area contributed by atoms with Crippen LogP contribution in [0.3, 0.4) is 0 Å². The van der Waals surface area contributed by atoms with Crippen LogP contribution in [0, 0.1) is 11.6 Å². The molecular weight excluding hydrogens is 723 g/mol. The minimum Gasteiger partial charge on any atom is -0.408 e. The molecule has 2 heterocycles. The molecule has 6 aromatic rings. The Balaban J connectivity index is 0.000000175. The average molecular weight is 777 g/mol. The molecular formula is C47H54F2N4O4. The van der Waals surface area contributed by atoms with Crippen LogP contribution in [0.2, 0.25) is 0 Å². The number of rotatable bonds is 14. The molecule has 0 saturated heterocycles. The van der Waals surface area contributed by atoms with Gasteiger partial charge in [0, 0.05) is 18.6 Å². The molecule has 300 valence electrons. The van der Waals surface area contributed by atoms with Gasteiger partial charge in [-0.2, -0.15) is 0 Å². The van der Waals surface area contributed by atoms with Gasteiger partial charge in [-0.1, -0.05) is 42.5 Å². The van der Waals surface area contributed by atoms with Crippen molar-refractivity contribution < 1.29 is 17.6 Å². The standard InChI is InChI=1S/C25H29FN2O2.C22H25FN2O2/c1-2-15-28(16-3-4-18-5-10-21(26)11-6-18)22-12-7-19(8-13-22)20-9-14-23-24(17-20)30-25(29)27-23;23-18-8-3-15(4-9-18)2-1-13-24-19-10-5-16(6-11-19)17-7-12-20-21(14-17)27-22(26)25-20/h2,5-6,9-11,14,17,19,22H,1,3-4,7-8,12-13,15-16H2,(H,27,29);3-4,7-9,12,14,16,19,24H,1-2,5-6,10-11,13H2,(H,25,26). The van der Waals surface area contributed by atoms with Gasteiger partial charge < -0.3 is 14.2 Å². The summed E-state index contributed by atoms with van der Waals surface area (Å²) in [5.74, 6) is -0.0993. The molecule has 0 amide bonds. The largest absolute Gasteiger partial charge is 0.417 e. The maximum atomic E-state index is 13.1. The van der Waals surface area contributed by atoms with Crippen LogP contribution in [0.1, 0.15) is 98.3 Å². The molecule has 0 atom stereocenters. The lowest BCUT2D eigenvalue weighted by Gasteiger charge is -2.36. The summed E-state index contributed by atoms with van der Waals surface area (Å²) in [4.78, 5) is 30.6. The number of aryl methyl sites for hydroxylation is 2. The predicted octanol–water partition coefficient (Wildman–Crippen LogP) is 9.92. The molecule has 3 N–H and O–H groups in total. The van der Waals surface area contributed by atoms with Gasteiger partial charge in [0.2, 0.25) is 0 Å². The Morgan fingerprint density at radius 2 is 1.16 bits per heavy atom. The Bertz CT molecular complexity index is 2290. The molecule has 2 aliphatic rings. The molecule has 57 heavy (non-hydrogen) atoms. The van der Waals surface area contributed by atoms with Crippen molar-refractivity contribution in [1.82, 2.24) is 20.2 Å². The third-order valence-corrected chi connectivity index (χ3v) is 11.9. The van der Waals surface area contributed by atoms with Gasteiger partial charge >= 0.3 is 11.5 Å². The number of oxazole rings is 2. The van der Waals surface area contributed by atoms with Gasteiger partial charge in [0.15, 0.2) is 11.2 Å². The second-order valence-corrected chi connectivity index (χ2v) is 15.8. The van der Waals surface area contributed by atoms with Crippen molar-refractivity contribution >= 4 is 22.2 Å². The van der Waals surface area contributed by atoms with Crippen LogP contribution >= 0.6 is 0 Å². The van der Waals surface area contributed by atoms with E-state index in [4.69, 9.17) is 8.83 Å². The first-order valence-electron chi connectivity index (χ1n) is 20.6. The zero-order valence-corrected chi connectivity index (χ0v) is 32.6. The molecule has 0 bridgehead atoms. The second-order valence-electron chi connectivity index (χ2n) is 15.8. The fourth-order valence-electron chi connectivity index (χ4n) is 8.81. The van der Waals surface area contributed by atoms with Crippen molar-refractivity contribution in [1.29, 1.82) is 0 Å². The highest BCUT2D eigenvalue weighted by molar-refractivity contribution is 5.73. The van der Waals surface area contributed by atoms with Gasteiger partial charge in [0.1, 0.15) is 11.6 Å². The first kappa shape index (κ1) is 40.1. The van der Waals surface area contributed by atoms with Gasteiger partial charge in [0.25, 0.3) is 0 Å². The van der Waals surface area contributed by atoms with Crippen molar-refractivity contribution in [3.8, 4) is 0 Å². The summed E-state index contributed by atoms with van der Waals surface area (Å²) in [6.07, 6.45) is 15.3. The molecule has 2 aliphatic carbocycles. The zero-order chi connectivity index (χ0) is 39.6. The first-order chi connectivity index (χ1) is 27.8. The van der Waals surface area contributed by atoms with Crippen molar-refractivity contribution in [2.75, 3.05) is 19.6 Å². The minimum atomic E-state index is -0.397. The topological polar surface area (TPSA) is 107 Å². The highest BCUT2D eigenvalue weighted by atomic mass is 19.1. The fraction of sp³-hybridized carbons (Fsp3) is 0.404. The number of hydrogen-bond donors (Lipinski definition) is 3.